The van der Waals surface area contributed by atoms with Gasteiger partial charge in [0.05, 0.1) is 18.1 Å². The van der Waals surface area contributed by atoms with Gasteiger partial charge >= 0.3 is 5.97 Å². The number of hydrogen-bond acceptors (Lipinski definition) is 7. The van der Waals surface area contributed by atoms with Crippen LogP contribution in [0.25, 0.3) is 11.3 Å². The van der Waals surface area contributed by atoms with Crippen molar-refractivity contribution in [3.05, 3.63) is 36.4 Å². The Bertz CT molecular complexity index is 844. The largest absolute Gasteiger partial charge is 0.461 e. The van der Waals surface area contributed by atoms with Gasteiger partial charge in [-0.2, -0.15) is 10.2 Å². The molecule has 0 radical (unpaired) electrons. The van der Waals surface area contributed by atoms with E-state index < -0.39 is 5.97 Å². The summed E-state index contributed by atoms with van der Waals surface area (Å²) < 4.78 is 4.97. The van der Waals surface area contributed by atoms with E-state index in [0.717, 1.165) is 23.0 Å². The molecule has 0 unspecified atom stereocenters. The third-order valence-electron chi connectivity index (χ3n) is 3.17. The Labute approximate surface area is 147 Å². The van der Waals surface area contributed by atoms with E-state index >= 15 is 0 Å². The normalized spacial score (nSPS) is 14.4. The number of amides is 1. The highest BCUT2D eigenvalue weighted by Crippen LogP contribution is 2.20. The summed E-state index contributed by atoms with van der Waals surface area (Å²) in [5.74, 6) is -0.331. The fraction of sp³-hybridized carbons (Fsp3) is 0.188. The van der Waals surface area contributed by atoms with Gasteiger partial charge < -0.3 is 4.74 Å². The SMILES string of the molecule is CCOC(=O)/C(=N/Nc1cc(-c2ccccc2)[nH]n1)C1=NC(=O)CS1. The quantitative estimate of drug-likeness (QED) is 0.465. The fourth-order valence-corrected chi connectivity index (χ4v) is 2.82. The monoisotopic (exact) mass is 357 g/mol. The summed E-state index contributed by atoms with van der Waals surface area (Å²) >= 11 is 1.15. The zero-order chi connectivity index (χ0) is 17.6. The summed E-state index contributed by atoms with van der Waals surface area (Å²) in [6.45, 7) is 1.89. The number of anilines is 1. The Kier molecular flexibility index (Phi) is 5.24. The van der Waals surface area contributed by atoms with E-state index in [-0.39, 0.29) is 29.0 Å². The maximum Gasteiger partial charge on any atom is 0.361 e. The number of ether oxygens (including phenoxy) is 1. The van der Waals surface area contributed by atoms with Gasteiger partial charge in [0.25, 0.3) is 5.91 Å². The average Bonchev–Trinajstić information content (AvgIpc) is 3.26. The van der Waals surface area contributed by atoms with Crippen molar-refractivity contribution in [1.82, 2.24) is 10.2 Å². The fourth-order valence-electron chi connectivity index (χ4n) is 2.07. The van der Waals surface area contributed by atoms with Gasteiger partial charge in [0.1, 0.15) is 5.04 Å². The molecule has 9 heteroatoms. The number of aromatic nitrogens is 2. The second-order valence-electron chi connectivity index (χ2n) is 4.92. The number of nitrogens with one attached hydrogen (secondary N) is 2. The molecule has 0 spiro atoms. The van der Waals surface area contributed by atoms with Gasteiger partial charge in [-0.3, -0.25) is 15.3 Å². The molecular weight excluding hydrogens is 342 g/mol. The predicted molar refractivity (Wildman–Crippen MR) is 96.6 cm³/mol. The van der Waals surface area contributed by atoms with E-state index in [1.807, 2.05) is 30.3 Å². The second-order valence-corrected chi connectivity index (χ2v) is 5.89. The smallest absolute Gasteiger partial charge is 0.361 e. The van der Waals surface area contributed by atoms with Crippen LogP contribution < -0.4 is 5.43 Å². The number of aliphatic imine (C=N–C) groups is 1. The Morgan fingerprint density at radius 2 is 2.20 bits per heavy atom. The topological polar surface area (TPSA) is 109 Å². The van der Waals surface area contributed by atoms with Crippen molar-refractivity contribution in [3.63, 3.8) is 0 Å². The number of benzene rings is 1. The predicted octanol–water partition coefficient (Wildman–Crippen LogP) is 2.08. The Morgan fingerprint density at radius 3 is 2.88 bits per heavy atom. The lowest BCUT2D eigenvalue weighted by molar-refractivity contribution is -0.134. The molecule has 2 aromatic rings. The molecule has 0 bridgehead atoms. The van der Waals surface area contributed by atoms with Crippen molar-refractivity contribution >= 4 is 40.2 Å². The molecule has 1 aliphatic heterocycles. The number of thioether (sulfide) groups is 1. The first-order valence-electron chi connectivity index (χ1n) is 7.53. The van der Waals surface area contributed by atoms with E-state index in [9.17, 15) is 9.59 Å². The van der Waals surface area contributed by atoms with Gasteiger partial charge in [-0.25, -0.2) is 9.79 Å². The highest BCUT2D eigenvalue weighted by Gasteiger charge is 2.26. The summed E-state index contributed by atoms with van der Waals surface area (Å²) in [7, 11) is 0. The van der Waals surface area contributed by atoms with E-state index in [4.69, 9.17) is 4.74 Å². The number of carbonyl (C=O) groups is 2. The highest BCUT2D eigenvalue weighted by atomic mass is 32.2. The molecule has 128 valence electrons. The molecule has 8 nitrogen and oxygen atoms in total. The molecule has 0 saturated heterocycles. The van der Waals surface area contributed by atoms with Gasteiger partial charge in [0, 0.05) is 6.07 Å². The lowest BCUT2D eigenvalue weighted by Gasteiger charge is -2.04. The van der Waals surface area contributed by atoms with Gasteiger partial charge in [-0.05, 0) is 12.5 Å². The number of esters is 1. The lowest BCUT2D eigenvalue weighted by Crippen LogP contribution is -2.25. The number of hydrogen-bond donors (Lipinski definition) is 2. The molecule has 25 heavy (non-hydrogen) atoms. The Morgan fingerprint density at radius 1 is 1.40 bits per heavy atom. The van der Waals surface area contributed by atoms with Crippen molar-refractivity contribution in [3.8, 4) is 11.3 Å². The van der Waals surface area contributed by atoms with Crippen LogP contribution in [0.4, 0.5) is 5.82 Å². The lowest BCUT2D eigenvalue weighted by atomic mass is 10.2. The van der Waals surface area contributed by atoms with Crippen molar-refractivity contribution in [2.24, 2.45) is 10.1 Å². The molecule has 0 fully saturated rings. The maximum absolute atomic E-state index is 12.1. The molecule has 1 amide bonds. The minimum Gasteiger partial charge on any atom is -0.461 e. The third-order valence-corrected chi connectivity index (χ3v) is 4.12. The number of nitrogens with zero attached hydrogens (tertiary/aromatic N) is 3. The van der Waals surface area contributed by atoms with Crippen molar-refractivity contribution in [2.45, 2.75) is 6.92 Å². The molecule has 1 aromatic heterocycles. The van der Waals surface area contributed by atoms with E-state index in [1.165, 1.54) is 0 Å². The molecular formula is C16H15N5O3S. The highest BCUT2D eigenvalue weighted by molar-refractivity contribution is 8.17. The van der Waals surface area contributed by atoms with Crippen LogP contribution in [0.15, 0.2) is 46.5 Å². The Balaban J connectivity index is 1.79. The standard InChI is InChI=1S/C16H15N5O3S/c1-2-24-16(23)14(15-17-13(22)9-25-15)21-20-12-8-11(18-19-12)10-6-4-3-5-7-10/h3-8H,2,9H2,1H3,(H2,18,19,20)/b21-14+. The van der Waals surface area contributed by atoms with Crippen molar-refractivity contribution < 1.29 is 14.3 Å². The van der Waals surface area contributed by atoms with E-state index in [1.54, 1.807) is 13.0 Å². The third kappa shape index (κ3) is 4.13. The summed E-state index contributed by atoms with van der Waals surface area (Å²) in [4.78, 5) is 27.2. The first-order chi connectivity index (χ1) is 12.2. The molecule has 0 aliphatic carbocycles. The van der Waals surface area contributed by atoms with Crippen LogP contribution in [0.1, 0.15) is 6.92 Å². The van der Waals surface area contributed by atoms with Gasteiger partial charge in [-0.1, -0.05) is 42.1 Å². The van der Waals surface area contributed by atoms with Crippen LogP contribution in [0.2, 0.25) is 0 Å². The average molecular weight is 357 g/mol. The molecule has 2 N–H and O–H groups in total. The number of carbonyl (C=O) groups excluding carboxylic acids is 2. The maximum atomic E-state index is 12.1. The first kappa shape index (κ1) is 16.9. The van der Waals surface area contributed by atoms with Crippen LogP contribution in [0.5, 0.6) is 0 Å². The van der Waals surface area contributed by atoms with Gasteiger partial charge in [0.15, 0.2) is 5.82 Å². The molecule has 0 atom stereocenters. The molecule has 1 aromatic carbocycles. The number of H-pyrrole nitrogens is 1. The minimum absolute atomic E-state index is 0.0399. The minimum atomic E-state index is -0.644. The summed E-state index contributed by atoms with van der Waals surface area (Å²) in [5.41, 5.74) is 4.44. The molecule has 0 saturated carbocycles. The van der Waals surface area contributed by atoms with Crippen LogP contribution in [0, 0.1) is 0 Å². The molecule has 3 rings (SSSR count). The zero-order valence-electron chi connectivity index (χ0n) is 13.4. The summed E-state index contributed by atoms with van der Waals surface area (Å²) in [6.07, 6.45) is 0. The number of aromatic amines is 1. The summed E-state index contributed by atoms with van der Waals surface area (Å²) in [6, 6.07) is 11.4. The van der Waals surface area contributed by atoms with Gasteiger partial charge in [0.2, 0.25) is 5.71 Å². The number of hydrazone groups is 1. The van der Waals surface area contributed by atoms with Crippen LogP contribution in [0.3, 0.4) is 0 Å². The van der Waals surface area contributed by atoms with Gasteiger partial charge in [-0.15, -0.1) is 0 Å². The first-order valence-corrected chi connectivity index (χ1v) is 8.52. The number of rotatable bonds is 6. The molecule has 1 aliphatic rings. The molecule has 2 heterocycles. The van der Waals surface area contributed by atoms with Crippen molar-refractivity contribution in [2.75, 3.05) is 17.8 Å². The Hall–Kier alpha value is -2.94. The second kappa shape index (κ2) is 7.75. The van der Waals surface area contributed by atoms with Crippen molar-refractivity contribution in [1.29, 1.82) is 0 Å². The van der Waals surface area contributed by atoms with Crippen LogP contribution >= 0.6 is 11.8 Å². The van der Waals surface area contributed by atoms with Crippen LogP contribution in [-0.4, -0.2) is 45.2 Å². The van der Waals surface area contributed by atoms with E-state index in [2.05, 4.69) is 25.7 Å². The van der Waals surface area contributed by atoms with E-state index in [0.29, 0.717) is 5.82 Å². The van der Waals surface area contributed by atoms with Crippen LogP contribution in [-0.2, 0) is 14.3 Å². The zero-order valence-corrected chi connectivity index (χ0v) is 14.2. The summed E-state index contributed by atoms with van der Waals surface area (Å²) in [5, 5.41) is 11.3.